The molecule has 1 saturated carbocycles. The van der Waals surface area contributed by atoms with Crippen LogP contribution in [0.3, 0.4) is 0 Å². The zero-order chi connectivity index (χ0) is 30.2. The Labute approximate surface area is 245 Å². The van der Waals surface area contributed by atoms with E-state index in [9.17, 15) is 18.7 Å². The van der Waals surface area contributed by atoms with E-state index in [-0.39, 0.29) is 30.0 Å². The normalized spacial score (nSPS) is 23.4. The number of hydrogen-bond donors (Lipinski definition) is 1. The number of hydrogen-bond acceptors (Lipinski definition) is 8. The van der Waals surface area contributed by atoms with Gasteiger partial charge in [-0.1, -0.05) is 12.1 Å². The van der Waals surface area contributed by atoms with Crippen LogP contribution in [0.5, 0.6) is 0 Å². The number of nitrogens with one attached hydrogen (secondary N) is 1. The Morgan fingerprint density at radius 2 is 1.71 bits per heavy atom. The zero-order valence-corrected chi connectivity index (χ0v) is 24.9. The van der Waals surface area contributed by atoms with Gasteiger partial charge in [0.05, 0.1) is 23.2 Å². The first-order chi connectivity index (χ1) is 19.9. The maximum Gasteiger partial charge on any atom is 0.296 e. The number of aromatic nitrogens is 4. The molecule has 12 heteroatoms. The fraction of sp³-hybridized carbons (Fsp3) is 0.600. The third-order valence-electron chi connectivity index (χ3n) is 8.10. The van der Waals surface area contributed by atoms with Crippen LogP contribution in [0, 0.1) is 5.92 Å². The summed E-state index contributed by atoms with van der Waals surface area (Å²) in [4.78, 5) is 29.1. The van der Waals surface area contributed by atoms with Gasteiger partial charge in [-0.25, -0.2) is 13.8 Å². The molecule has 1 saturated heterocycles. The van der Waals surface area contributed by atoms with Crippen molar-refractivity contribution in [3.05, 3.63) is 36.2 Å². The third kappa shape index (κ3) is 6.43. The highest BCUT2D eigenvalue weighted by atomic mass is 19.3. The predicted molar refractivity (Wildman–Crippen MR) is 155 cm³/mol. The molecule has 1 aromatic carbocycles. The quantitative estimate of drug-likeness (QED) is 0.422. The number of morpholine rings is 1. The number of amides is 1. The Morgan fingerprint density at radius 3 is 2.33 bits per heavy atom. The average molecular weight is 585 g/mol. The van der Waals surface area contributed by atoms with E-state index in [0.717, 1.165) is 25.7 Å². The molecule has 3 aromatic rings. The Hall–Kier alpha value is -3.54. The van der Waals surface area contributed by atoms with E-state index in [0.29, 0.717) is 48.3 Å². The summed E-state index contributed by atoms with van der Waals surface area (Å²) in [5, 5.41) is 15.2. The van der Waals surface area contributed by atoms with Gasteiger partial charge in [0.25, 0.3) is 6.43 Å². The summed E-state index contributed by atoms with van der Waals surface area (Å²) in [5.41, 5.74) is 0.484. The number of benzene rings is 1. The van der Waals surface area contributed by atoms with Crippen molar-refractivity contribution in [1.29, 1.82) is 0 Å². The van der Waals surface area contributed by atoms with Crippen molar-refractivity contribution in [2.75, 3.05) is 29.9 Å². The summed E-state index contributed by atoms with van der Waals surface area (Å²) >= 11 is 0. The van der Waals surface area contributed by atoms with Crippen LogP contribution in [0.25, 0.3) is 16.9 Å². The Bertz CT molecular complexity index is 1390. The van der Waals surface area contributed by atoms with Crippen LogP contribution < -0.4 is 15.3 Å². The van der Waals surface area contributed by atoms with E-state index in [4.69, 9.17) is 14.7 Å². The van der Waals surface area contributed by atoms with Gasteiger partial charge < -0.3 is 29.8 Å². The first-order valence-electron chi connectivity index (χ1n) is 14.7. The fourth-order valence-electron chi connectivity index (χ4n) is 6.39. The average Bonchev–Trinajstić information content (AvgIpc) is 3.31. The van der Waals surface area contributed by atoms with Gasteiger partial charge in [0.15, 0.2) is 5.82 Å². The van der Waals surface area contributed by atoms with Crippen LogP contribution >= 0.6 is 0 Å². The molecule has 1 aliphatic carbocycles. The standard InChI is InChI=1S/C30H41F2N7O3/c1-18-16-37(17-19(2)42-18)24-14-25(38-23-9-7-6-8-22(23)34-27(38)26(31)32)36-28(35-24)33-15-20-10-12-21(13-11-20)39(29(40)41)30(3,4)5/h6-9,14,18-21,26H,10-13,15-17H2,1-5H3,(H,40,41)(H,33,35,36)/p-1/t18-,19+,20?,21?. The number of ether oxygens (including phenoxy) is 1. The first-order valence-corrected chi connectivity index (χ1v) is 14.7. The van der Waals surface area contributed by atoms with Crippen molar-refractivity contribution in [2.24, 2.45) is 5.92 Å². The fourth-order valence-corrected chi connectivity index (χ4v) is 6.39. The largest absolute Gasteiger partial charge is 0.530 e. The molecule has 2 atom stereocenters. The molecule has 2 aromatic heterocycles. The van der Waals surface area contributed by atoms with Gasteiger partial charge in [0.2, 0.25) is 5.95 Å². The lowest BCUT2D eigenvalue weighted by Gasteiger charge is -2.46. The molecule has 1 amide bonds. The molecule has 2 aliphatic rings. The lowest BCUT2D eigenvalue weighted by atomic mass is 9.84. The SMILES string of the molecule is C[C@@H]1CN(c2cc(-n3c(C(F)F)nc4ccccc43)nc(NCC3CCC(N(C(=O)[O-])C(C)(C)C)CC3)n2)C[C@H](C)O1. The van der Waals surface area contributed by atoms with Gasteiger partial charge in [-0.2, -0.15) is 9.97 Å². The number of anilines is 2. The van der Waals surface area contributed by atoms with Crippen LogP contribution in [0.4, 0.5) is 25.3 Å². The van der Waals surface area contributed by atoms with Gasteiger partial charge >= 0.3 is 0 Å². The molecular weight excluding hydrogens is 544 g/mol. The zero-order valence-electron chi connectivity index (χ0n) is 24.9. The van der Waals surface area contributed by atoms with Crippen LogP contribution in [-0.2, 0) is 4.74 Å². The molecule has 5 rings (SSSR count). The number of fused-ring (bicyclic) bond motifs is 1. The number of rotatable bonds is 7. The second-order valence-corrected chi connectivity index (χ2v) is 12.5. The maximum atomic E-state index is 14.2. The summed E-state index contributed by atoms with van der Waals surface area (Å²) < 4.78 is 35.7. The third-order valence-corrected chi connectivity index (χ3v) is 8.10. The topological polar surface area (TPSA) is 111 Å². The molecule has 0 bridgehead atoms. The number of imidazole rings is 1. The summed E-state index contributed by atoms with van der Waals surface area (Å²) in [6.07, 6.45) is -0.799. The molecular formula is C30H40F2N7O3-. The van der Waals surface area contributed by atoms with Crippen LogP contribution in [0.2, 0.25) is 0 Å². The van der Waals surface area contributed by atoms with Crippen molar-refractivity contribution in [1.82, 2.24) is 24.4 Å². The Kier molecular flexibility index (Phi) is 8.54. The monoisotopic (exact) mass is 584 g/mol. The van der Waals surface area contributed by atoms with Crippen LogP contribution in [-0.4, -0.2) is 73.9 Å². The van der Waals surface area contributed by atoms with Crippen LogP contribution in [0.15, 0.2) is 30.3 Å². The van der Waals surface area contributed by atoms with Crippen molar-refractivity contribution in [2.45, 2.75) is 90.5 Å². The minimum Gasteiger partial charge on any atom is -0.530 e. The van der Waals surface area contributed by atoms with Crippen LogP contribution in [0.1, 0.15) is 72.6 Å². The minimum atomic E-state index is -2.79. The predicted octanol–water partition coefficient (Wildman–Crippen LogP) is 4.78. The first kappa shape index (κ1) is 29.9. The van der Waals surface area contributed by atoms with Gasteiger partial charge in [0, 0.05) is 37.3 Å². The lowest BCUT2D eigenvalue weighted by molar-refractivity contribution is -0.274. The Balaban J connectivity index is 1.41. The summed E-state index contributed by atoms with van der Waals surface area (Å²) in [5.74, 6) is 1.21. The molecule has 228 valence electrons. The number of carboxylic acid groups (broad SMARTS) is 1. The molecule has 2 fully saturated rings. The maximum absolute atomic E-state index is 14.2. The summed E-state index contributed by atoms with van der Waals surface area (Å²) in [6, 6.07) is 8.69. The molecule has 3 heterocycles. The number of para-hydroxylation sites is 2. The molecule has 1 aliphatic heterocycles. The van der Waals surface area contributed by atoms with E-state index in [1.807, 2.05) is 34.6 Å². The molecule has 0 unspecified atom stereocenters. The second kappa shape index (κ2) is 12.0. The lowest BCUT2D eigenvalue weighted by Crippen LogP contribution is -2.57. The second-order valence-electron chi connectivity index (χ2n) is 12.5. The number of halogens is 2. The number of alkyl halides is 2. The molecule has 0 radical (unpaired) electrons. The Morgan fingerprint density at radius 1 is 1.07 bits per heavy atom. The molecule has 0 spiro atoms. The van der Waals surface area contributed by atoms with Gasteiger partial charge in [-0.05, 0) is 78.4 Å². The molecule has 1 N–H and O–H groups in total. The van der Waals surface area contributed by atoms with E-state index in [2.05, 4.69) is 15.2 Å². The number of carbonyl (C=O) groups is 1. The minimum absolute atomic E-state index is 0.0156. The summed E-state index contributed by atoms with van der Waals surface area (Å²) in [6.45, 7) is 11.5. The van der Waals surface area contributed by atoms with Crippen molar-refractivity contribution < 1.29 is 23.4 Å². The van der Waals surface area contributed by atoms with Crippen molar-refractivity contribution in [3.63, 3.8) is 0 Å². The number of carbonyl (C=O) groups excluding carboxylic acids is 1. The highest BCUT2D eigenvalue weighted by Crippen LogP contribution is 2.33. The van der Waals surface area contributed by atoms with Crippen molar-refractivity contribution in [3.8, 4) is 5.82 Å². The highest BCUT2D eigenvalue weighted by Gasteiger charge is 2.32. The molecule has 42 heavy (non-hydrogen) atoms. The van der Waals surface area contributed by atoms with Gasteiger partial charge in [0.1, 0.15) is 17.7 Å². The van der Waals surface area contributed by atoms with Crippen molar-refractivity contribution >= 4 is 28.9 Å². The summed E-state index contributed by atoms with van der Waals surface area (Å²) in [7, 11) is 0. The van der Waals surface area contributed by atoms with Gasteiger partial charge in [-0.3, -0.25) is 4.57 Å². The van der Waals surface area contributed by atoms with Gasteiger partial charge in [-0.15, -0.1) is 0 Å². The van der Waals surface area contributed by atoms with E-state index in [1.165, 1.54) is 9.47 Å². The smallest absolute Gasteiger partial charge is 0.296 e. The highest BCUT2D eigenvalue weighted by molar-refractivity contribution is 5.78. The number of nitrogens with zero attached hydrogens (tertiary/aromatic N) is 6. The van der Waals surface area contributed by atoms with E-state index in [1.54, 1.807) is 30.3 Å². The van der Waals surface area contributed by atoms with E-state index < -0.39 is 18.1 Å². The molecule has 10 nitrogen and oxygen atoms in total. The van der Waals surface area contributed by atoms with E-state index >= 15 is 0 Å².